The minimum absolute atomic E-state index is 0.0411. The van der Waals surface area contributed by atoms with Crippen molar-refractivity contribution in [2.24, 2.45) is 0 Å². The van der Waals surface area contributed by atoms with Gasteiger partial charge in [-0.3, -0.25) is 9.59 Å². The standard InChI is InChI=1S/C18H17ClFNO2/c1-11-3-4-13(9-12(11)2)17(22)7-8-18(23)21-16-6-5-14(20)10-15(16)19/h3-6,9-10H,7-8H2,1-2H3,(H,21,23). The second-order valence-corrected chi connectivity index (χ2v) is 5.80. The lowest BCUT2D eigenvalue weighted by Gasteiger charge is -2.08. The second-order valence-electron chi connectivity index (χ2n) is 5.39. The molecule has 1 N–H and O–H groups in total. The maximum Gasteiger partial charge on any atom is 0.224 e. The molecule has 0 saturated carbocycles. The van der Waals surface area contributed by atoms with Gasteiger partial charge in [-0.25, -0.2) is 4.39 Å². The fourth-order valence-corrected chi connectivity index (χ4v) is 2.30. The smallest absolute Gasteiger partial charge is 0.224 e. The molecule has 0 heterocycles. The highest BCUT2D eigenvalue weighted by molar-refractivity contribution is 6.33. The molecule has 3 nitrogen and oxygen atoms in total. The van der Waals surface area contributed by atoms with Gasteiger partial charge in [0.05, 0.1) is 10.7 Å². The van der Waals surface area contributed by atoms with Crippen molar-refractivity contribution in [1.82, 2.24) is 0 Å². The van der Waals surface area contributed by atoms with E-state index in [1.807, 2.05) is 26.0 Å². The van der Waals surface area contributed by atoms with Gasteiger partial charge in [0.15, 0.2) is 5.78 Å². The van der Waals surface area contributed by atoms with Gasteiger partial charge in [-0.1, -0.05) is 23.7 Å². The lowest BCUT2D eigenvalue weighted by molar-refractivity contribution is -0.116. The summed E-state index contributed by atoms with van der Waals surface area (Å²) in [5.41, 5.74) is 3.08. The molecular weight excluding hydrogens is 317 g/mol. The number of carbonyl (C=O) groups excluding carboxylic acids is 2. The second kappa shape index (κ2) is 7.38. The van der Waals surface area contributed by atoms with E-state index in [2.05, 4.69) is 5.32 Å². The maximum atomic E-state index is 12.9. The van der Waals surface area contributed by atoms with Crippen molar-refractivity contribution >= 4 is 29.0 Å². The van der Waals surface area contributed by atoms with Crippen LogP contribution in [0.5, 0.6) is 0 Å². The first-order valence-corrected chi connectivity index (χ1v) is 7.60. The van der Waals surface area contributed by atoms with Crippen LogP contribution < -0.4 is 5.32 Å². The Hall–Kier alpha value is -2.20. The number of nitrogens with one attached hydrogen (secondary N) is 1. The van der Waals surface area contributed by atoms with E-state index in [1.54, 1.807) is 6.07 Å². The molecule has 0 saturated heterocycles. The van der Waals surface area contributed by atoms with Crippen LogP contribution in [0.15, 0.2) is 36.4 Å². The quantitative estimate of drug-likeness (QED) is 0.806. The van der Waals surface area contributed by atoms with Crippen LogP contribution >= 0.6 is 11.6 Å². The van der Waals surface area contributed by atoms with Crippen molar-refractivity contribution in [3.8, 4) is 0 Å². The number of rotatable bonds is 5. The molecule has 2 rings (SSSR count). The van der Waals surface area contributed by atoms with Gasteiger partial charge in [-0.15, -0.1) is 0 Å². The summed E-state index contributed by atoms with van der Waals surface area (Å²) in [6, 6.07) is 9.20. The first-order valence-electron chi connectivity index (χ1n) is 7.22. The van der Waals surface area contributed by atoms with E-state index >= 15 is 0 Å². The Morgan fingerprint density at radius 3 is 2.43 bits per heavy atom. The van der Waals surface area contributed by atoms with Gasteiger partial charge in [0.1, 0.15) is 5.82 Å². The summed E-state index contributed by atoms with van der Waals surface area (Å²) >= 11 is 5.84. The van der Waals surface area contributed by atoms with Gasteiger partial charge in [0, 0.05) is 18.4 Å². The number of hydrogen-bond acceptors (Lipinski definition) is 2. The first-order chi connectivity index (χ1) is 10.9. The summed E-state index contributed by atoms with van der Waals surface area (Å²) in [5.74, 6) is -0.901. The zero-order valence-corrected chi connectivity index (χ0v) is 13.7. The van der Waals surface area contributed by atoms with Crippen molar-refractivity contribution < 1.29 is 14.0 Å². The predicted molar refractivity (Wildman–Crippen MR) is 89.5 cm³/mol. The number of benzene rings is 2. The van der Waals surface area contributed by atoms with Gasteiger partial charge < -0.3 is 5.32 Å². The number of ketones is 1. The predicted octanol–water partition coefficient (Wildman–Crippen LogP) is 4.70. The molecule has 0 aromatic heterocycles. The molecule has 0 aliphatic rings. The highest BCUT2D eigenvalue weighted by atomic mass is 35.5. The lowest BCUT2D eigenvalue weighted by atomic mass is 10.0. The monoisotopic (exact) mass is 333 g/mol. The van der Waals surface area contributed by atoms with Gasteiger partial charge in [-0.05, 0) is 49.2 Å². The molecule has 0 atom stereocenters. The first kappa shape index (κ1) is 17.2. The Labute approximate surface area is 139 Å². The molecule has 0 fully saturated rings. The van der Waals surface area contributed by atoms with Crippen molar-refractivity contribution in [1.29, 1.82) is 0 Å². The minimum atomic E-state index is -0.474. The number of aryl methyl sites for hydroxylation is 2. The van der Waals surface area contributed by atoms with Crippen molar-refractivity contribution in [2.45, 2.75) is 26.7 Å². The SMILES string of the molecule is Cc1ccc(C(=O)CCC(=O)Nc2ccc(F)cc2Cl)cc1C. The molecule has 5 heteroatoms. The maximum absolute atomic E-state index is 12.9. The fraction of sp³-hybridized carbons (Fsp3) is 0.222. The Morgan fingerprint density at radius 2 is 1.78 bits per heavy atom. The van der Waals surface area contributed by atoms with E-state index in [-0.39, 0.29) is 29.6 Å². The van der Waals surface area contributed by atoms with Gasteiger partial charge in [0.2, 0.25) is 5.91 Å². The van der Waals surface area contributed by atoms with Crippen LogP contribution in [-0.2, 0) is 4.79 Å². The van der Waals surface area contributed by atoms with Crippen LogP contribution in [0.4, 0.5) is 10.1 Å². The van der Waals surface area contributed by atoms with Crippen molar-refractivity contribution in [3.63, 3.8) is 0 Å². The molecule has 2 aromatic carbocycles. The fourth-order valence-electron chi connectivity index (χ4n) is 2.09. The minimum Gasteiger partial charge on any atom is -0.325 e. The molecule has 0 spiro atoms. The largest absolute Gasteiger partial charge is 0.325 e. The third kappa shape index (κ3) is 4.63. The summed E-state index contributed by atoms with van der Waals surface area (Å²) in [7, 11) is 0. The Kier molecular flexibility index (Phi) is 5.50. The van der Waals surface area contributed by atoms with Crippen LogP contribution in [-0.4, -0.2) is 11.7 Å². The summed E-state index contributed by atoms with van der Waals surface area (Å²) in [6.45, 7) is 3.92. The Balaban J connectivity index is 1.93. The third-order valence-corrected chi connectivity index (χ3v) is 3.93. The Morgan fingerprint density at radius 1 is 1.04 bits per heavy atom. The van der Waals surface area contributed by atoms with Crippen LogP contribution in [0, 0.1) is 19.7 Å². The molecule has 2 aromatic rings. The van der Waals surface area contributed by atoms with Crippen LogP contribution in [0.3, 0.4) is 0 Å². The highest BCUT2D eigenvalue weighted by Crippen LogP contribution is 2.22. The van der Waals surface area contributed by atoms with Crippen LogP contribution in [0.2, 0.25) is 5.02 Å². The van der Waals surface area contributed by atoms with E-state index in [0.29, 0.717) is 11.3 Å². The van der Waals surface area contributed by atoms with E-state index in [0.717, 1.165) is 17.2 Å². The third-order valence-electron chi connectivity index (χ3n) is 3.61. The molecular formula is C18H17ClFNO2. The van der Waals surface area contributed by atoms with Gasteiger partial charge in [0.25, 0.3) is 0 Å². The highest BCUT2D eigenvalue weighted by Gasteiger charge is 2.11. The average molecular weight is 334 g/mol. The van der Waals surface area contributed by atoms with Crippen LogP contribution in [0.25, 0.3) is 0 Å². The molecule has 0 radical (unpaired) electrons. The van der Waals surface area contributed by atoms with E-state index in [1.165, 1.54) is 12.1 Å². The molecule has 0 bridgehead atoms. The molecule has 0 unspecified atom stereocenters. The number of anilines is 1. The zero-order chi connectivity index (χ0) is 17.0. The zero-order valence-electron chi connectivity index (χ0n) is 13.0. The van der Waals surface area contributed by atoms with E-state index < -0.39 is 5.82 Å². The number of amides is 1. The summed E-state index contributed by atoms with van der Waals surface area (Å²) in [5, 5.41) is 2.70. The van der Waals surface area contributed by atoms with E-state index in [9.17, 15) is 14.0 Å². The molecule has 0 aliphatic carbocycles. The molecule has 0 aliphatic heterocycles. The van der Waals surface area contributed by atoms with Gasteiger partial charge in [-0.2, -0.15) is 0 Å². The number of carbonyl (C=O) groups is 2. The number of Topliss-reactive ketones (excluding diaryl/α,β-unsaturated/α-hetero) is 1. The van der Waals surface area contributed by atoms with Crippen molar-refractivity contribution in [2.75, 3.05) is 5.32 Å². The Bertz CT molecular complexity index is 759. The van der Waals surface area contributed by atoms with Crippen LogP contribution in [0.1, 0.15) is 34.3 Å². The van der Waals surface area contributed by atoms with Gasteiger partial charge >= 0.3 is 0 Å². The summed E-state index contributed by atoms with van der Waals surface area (Å²) in [6.07, 6.45) is 0.145. The van der Waals surface area contributed by atoms with E-state index in [4.69, 9.17) is 11.6 Å². The molecule has 1 amide bonds. The topological polar surface area (TPSA) is 46.2 Å². The molecule has 23 heavy (non-hydrogen) atoms. The normalized spacial score (nSPS) is 10.4. The average Bonchev–Trinajstić information content (AvgIpc) is 2.50. The number of halogens is 2. The lowest BCUT2D eigenvalue weighted by Crippen LogP contribution is -2.14. The summed E-state index contributed by atoms with van der Waals surface area (Å²) in [4.78, 5) is 24.0. The summed E-state index contributed by atoms with van der Waals surface area (Å²) < 4.78 is 12.9. The molecule has 120 valence electrons. The number of hydrogen-bond donors (Lipinski definition) is 1. The van der Waals surface area contributed by atoms with Crippen molar-refractivity contribution in [3.05, 3.63) is 63.9 Å².